The Hall–Kier alpha value is 0.730. The Kier molecular flexibility index (Phi) is 3.68. The standard InChI is InChI=1S/C19H31I/c1-12-3-8-18-17-6-4-13-11-14(20)5-7-15(13)16(17)9-10-19(12,18)2/h12-18H,3-11H2,1-2H3. The van der Waals surface area contributed by atoms with Crippen molar-refractivity contribution in [3.63, 3.8) is 0 Å². The molecule has 4 rings (SSSR count). The molecule has 8 unspecified atom stereocenters. The van der Waals surface area contributed by atoms with Gasteiger partial charge in [0.2, 0.25) is 0 Å². The Labute approximate surface area is 139 Å². The van der Waals surface area contributed by atoms with Crippen molar-refractivity contribution in [2.45, 2.75) is 75.6 Å². The molecule has 0 N–H and O–H groups in total. The van der Waals surface area contributed by atoms with Crippen LogP contribution in [-0.4, -0.2) is 3.92 Å². The van der Waals surface area contributed by atoms with Gasteiger partial charge in [0.1, 0.15) is 0 Å². The monoisotopic (exact) mass is 386 g/mol. The zero-order valence-electron chi connectivity index (χ0n) is 13.3. The molecule has 0 saturated heterocycles. The fraction of sp³-hybridized carbons (Fsp3) is 1.00. The predicted octanol–water partition coefficient (Wildman–Crippen LogP) is 6.08. The lowest BCUT2D eigenvalue weighted by Gasteiger charge is -2.56. The summed E-state index contributed by atoms with van der Waals surface area (Å²) in [6.45, 7) is 5.20. The molecule has 0 aromatic heterocycles. The molecule has 4 fully saturated rings. The first-order chi connectivity index (χ1) is 9.59. The Morgan fingerprint density at radius 3 is 2.50 bits per heavy atom. The van der Waals surface area contributed by atoms with E-state index in [9.17, 15) is 0 Å². The lowest BCUT2D eigenvalue weighted by molar-refractivity contribution is -0.0587. The van der Waals surface area contributed by atoms with Crippen LogP contribution in [0, 0.1) is 40.9 Å². The molecule has 1 heteroatoms. The number of halogens is 1. The molecular weight excluding hydrogens is 355 g/mol. The largest absolute Gasteiger partial charge is 0.0826 e. The molecule has 4 aliphatic rings. The molecule has 20 heavy (non-hydrogen) atoms. The molecule has 0 nitrogen and oxygen atoms in total. The van der Waals surface area contributed by atoms with Crippen LogP contribution < -0.4 is 0 Å². The Bertz CT molecular complexity index is 378. The molecule has 0 aliphatic heterocycles. The third-order valence-electron chi connectivity index (χ3n) is 8.36. The minimum absolute atomic E-state index is 0.717. The smallest absolute Gasteiger partial charge is 0.0112 e. The van der Waals surface area contributed by atoms with E-state index in [2.05, 4.69) is 36.4 Å². The fourth-order valence-corrected chi connectivity index (χ4v) is 8.07. The van der Waals surface area contributed by atoms with E-state index >= 15 is 0 Å². The molecular formula is C19H31I. The SMILES string of the molecule is CC1CCC2C3CCC4CC(I)CCC4C3CCC12C. The minimum atomic E-state index is 0.717. The van der Waals surface area contributed by atoms with E-state index in [1.54, 1.807) is 44.9 Å². The van der Waals surface area contributed by atoms with E-state index in [0.717, 1.165) is 39.4 Å². The highest BCUT2D eigenvalue weighted by Gasteiger charge is 2.55. The van der Waals surface area contributed by atoms with Crippen molar-refractivity contribution < 1.29 is 0 Å². The van der Waals surface area contributed by atoms with Crippen molar-refractivity contribution in [3.05, 3.63) is 0 Å². The third kappa shape index (κ3) is 2.04. The maximum absolute atomic E-state index is 2.72. The highest BCUT2D eigenvalue weighted by molar-refractivity contribution is 14.1. The fourth-order valence-electron chi connectivity index (χ4n) is 7.06. The van der Waals surface area contributed by atoms with Crippen LogP contribution in [-0.2, 0) is 0 Å². The second-order valence-electron chi connectivity index (χ2n) is 8.87. The van der Waals surface area contributed by atoms with Gasteiger partial charge < -0.3 is 0 Å². The van der Waals surface area contributed by atoms with Crippen LogP contribution in [0.2, 0.25) is 0 Å². The van der Waals surface area contributed by atoms with Gasteiger partial charge in [-0.1, -0.05) is 36.4 Å². The van der Waals surface area contributed by atoms with Crippen molar-refractivity contribution >= 4 is 22.6 Å². The quantitative estimate of drug-likeness (QED) is 0.350. The van der Waals surface area contributed by atoms with Crippen LogP contribution in [0.5, 0.6) is 0 Å². The predicted molar refractivity (Wildman–Crippen MR) is 94.1 cm³/mol. The molecule has 0 radical (unpaired) electrons. The maximum atomic E-state index is 2.72. The van der Waals surface area contributed by atoms with E-state index in [0.29, 0.717) is 5.41 Å². The topological polar surface area (TPSA) is 0 Å². The summed E-state index contributed by atoms with van der Waals surface area (Å²) in [6, 6.07) is 0. The van der Waals surface area contributed by atoms with Gasteiger partial charge in [-0.05, 0) is 98.7 Å². The van der Waals surface area contributed by atoms with E-state index in [1.165, 1.54) is 12.8 Å². The van der Waals surface area contributed by atoms with Crippen molar-refractivity contribution in [1.29, 1.82) is 0 Å². The van der Waals surface area contributed by atoms with Crippen molar-refractivity contribution in [2.75, 3.05) is 0 Å². The summed E-state index contributed by atoms with van der Waals surface area (Å²) in [5.41, 5.74) is 0.717. The summed E-state index contributed by atoms with van der Waals surface area (Å²) in [7, 11) is 0. The first kappa shape index (κ1) is 14.3. The molecule has 0 aromatic rings. The van der Waals surface area contributed by atoms with Crippen molar-refractivity contribution in [3.8, 4) is 0 Å². The Morgan fingerprint density at radius 1 is 0.850 bits per heavy atom. The van der Waals surface area contributed by atoms with Crippen LogP contribution in [0.4, 0.5) is 0 Å². The molecule has 8 atom stereocenters. The normalized spacial score (nSPS) is 58.6. The average molecular weight is 386 g/mol. The van der Waals surface area contributed by atoms with Gasteiger partial charge in [0.05, 0.1) is 0 Å². The van der Waals surface area contributed by atoms with Crippen molar-refractivity contribution in [1.82, 2.24) is 0 Å². The summed E-state index contributed by atoms with van der Waals surface area (Å²) < 4.78 is 0.991. The van der Waals surface area contributed by atoms with E-state index in [-0.39, 0.29) is 0 Å². The lowest BCUT2D eigenvalue weighted by atomic mass is 9.50. The lowest BCUT2D eigenvalue weighted by Crippen LogP contribution is -2.48. The van der Waals surface area contributed by atoms with Gasteiger partial charge in [-0.25, -0.2) is 0 Å². The third-order valence-corrected chi connectivity index (χ3v) is 9.50. The van der Waals surface area contributed by atoms with Crippen LogP contribution >= 0.6 is 22.6 Å². The molecule has 4 aliphatic carbocycles. The van der Waals surface area contributed by atoms with Crippen LogP contribution in [0.25, 0.3) is 0 Å². The molecule has 0 bridgehead atoms. The molecule has 0 amide bonds. The van der Waals surface area contributed by atoms with Gasteiger partial charge in [0.15, 0.2) is 0 Å². The van der Waals surface area contributed by atoms with Gasteiger partial charge >= 0.3 is 0 Å². The summed E-state index contributed by atoms with van der Waals surface area (Å²) in [5.74, 6) is 6.56. The average Bonchev–Trinajstić information content (AvgIpc) is 2.74. The van der Waals surface area contributed by atoms with Crippen molar-refractivity contribution in [2.24, 2.45) is 40.9 Å². The van der Waals surface area contributed by atoms with Gasteiger partial charge in [0, 0.05) is 3.92 Å². The number of hydrogen-bond donors (Lipinski definition) is 0. The number of rotatable bonds is 0. The number of fused-ring (bicyclic) bond motifs is 5. The van der Waals surface area contributed by atoms with E-state index < -0.39 is 0 Å². The maximum Gasteiger partial charge on any atom is 0.0112 e. The van der Waals surface area contributed by atoms with Crippen LogP contribution in [0.1, 0.15) is 71.6 Å². The summed E-state index contributed by atoms with van der Waals surface area (Å²) in [4.78, 5) is 0. The number of alkyl halides is 1. The van der Waals surface area contributed by atoms with E-state index in [4.69, 9.17) is 0 Å². The second-order valence-corrected chi connectivity index (χ2v) is 10.6. The first-order valence-corrected chi connectivity index (χ1v) is 10.5. The second kappa shape index (κ2) is 5.13. The zero-order valence-corrected chi connectivity index (χ0v) is 15.4. The van der Waals surface area contributed by atoms with Gasteiger partial charge in [-0.2, -0.15) is 0 Å². The summed E-state index contributed by atoms with van der Waals surface area (Å²) in [6.07, 6.45) is 14.0. The summed E-state index contributed by atoms with van der Waals surface area (Å²) >= 11 is 2.72. The Morgan fingerprint density at radius 2 is 1.65 bits per heavy atom. The zero-order chi connectivity index (χ0) is 13.9. The first-order valence-electron chi connectivity index (χ1n) is 9.23. The van der Waals surface area contributed by atoms with Crippen LogP contribution in [0.3, 0.4) is 0 Å². The Balaban J connectivity index is 1.57. The molecule has 0 heterocycles. The number of hydrogen-bond acceptors (Lipinski definition) is 0. The molecule has 114 valence electrons. The van der Waals surface area contributed by atoms with Gasteiger partial charge in [-0.3, -0.25) is 0 Å². The highest BCUT2D eigenvalue weighted by atomic mass is 127. The van der Waals surface area contributed by atoms with Gasteiger partial charge in [-0.15, -0.1) is 0 Å². The van der Waals surface area contributed by atoms with Gasteiger partial charge in [0.25, 0.3) is 0 Å². The summed E-state index contributed by atoms with van der Waals surface area (Å²) in [5, 5.41) is 0. The minimum Gasteiger partial charge on any atom is -0.0826 e. The van der Waals surface area contributed by atoms with Crippen LogP contribution in [0.15, 0.2) is 0 Å². The molecule has 0 spiro atoms. The molecule has 4 saturated carbocycles. The highest BCUT2D eigenvalue weighted by Crippen LogP contribution is 2.64. The van der Waals surface area contributed by atoms with E-state index in [1.807, 2.05) is 0 Å². The molecule has 0 aromatic carbocycles.